The molecule has 7 heteroatoms. The molecule has 0 aliphatic carbocycles. The van der Waals surface area contributed by atoms with Crippen LogP contribution in [0.25, 0.3) is 0 Å². The fraction of sp³-hybridized carbons (Fsp3) is 0.455. The van der Waals surface area contributed by atoms with E-state index in [0.29, 0.717) is 5.69 Å². The van der Waals surface area contributed by atoms with Crippen LogP contribution in [0.2, 0.25) is 0 Å². The van der Waals surface area contributed by atoms with Crippen LogP contribution in [-0.4, -0.2) is 21.6 Å². The normalized spacial score (nSPS) is 22.1. The largest absolute Gasteiger partial charge is 0.390 e. The first-order valence-corrected chi connectivity index (χ1v) is 6.78. The number of benzene rings is 1. The molecule has 0 saturated carbocycles. The number of halogens is 3. The lowest BCUT2D eigenvalue weighted by molar-refractivity contribution is -0.134. The number of fused-ring (bicyclic) bond motifs is 1. The van der Waals surface area contributed by atoms with Crippen molar-refractivity contribution in [3.63, 3.8) is 0 Å². The van der Waals surface area contributed by atoms with Crippen LogP contribution in [0.4, 0.5) is 18.9 Å². The first-order chi connectivity index (χ1) is 8.13. The molecule has 1 heterocycles. The third-order valence-corrected chi connectivity index (χ3v) is 5.13. The second-order valence-corrected chi connectivity index (χ2v) is 6.53. The molecule has 1 atom stereocenters. The summed E-state index contributed by atoms with van der Waals surface area (Å²) < 4.78 is 62.3. The Kier molecular flexibility index (Phi) is 2.84. The summed E-state index contributed by atoms with van der Waals surface area (Å²) in [5.41, 5.74) is 1.30. The molecule has 0 radical (unpaired) electrons. The maximum absolute atomic E-state index is 12.5. The quantitative estimate of drug-likeness (QED) is 0.792. The van der Waals surface area contributed by atoms with E-state index in [2.05, 4.69) is 0 Å². The van der Waals surface area contributed by atoms with Crippen LogP contribution in [0.3, 0.4) is 0 Å². The van der Waals surface area contributed by atoms with E-state index in [0.717, 1.165) is 9.87 Å². The fourth-order valence-electron chi connectivity index (χ4n) is 2.13. The standard InChI is InChI=1S/C11H12F3NO2S/c1-7-3-4-9-8(5-7)10(6-11(12,13)14)18(16,17)15(9)2/h3-5,10H,6H2,1-2H3. The highest BCUT2D eigenvalue weighted by Gasteiger charge is 2.47. The molecule has 1 aromatic carbocycles. The van der Waals surface area contributed by atoms with Crippen LogP contribution in [-0.2, 0) is 10.0 Å². The number of nitrogens with zero attached hydrogens (tertiary/aromatic N) is 1. The Balaban J connectivity index is 2.56. The van der Waals surface area contributed by atoms with Crippen molar-refractivity contribution in [2.45, 2.75) is 24.8 Å². The molecule has 2 rings (SSSR count). The summed E-state index contributed by atoms with van der Waals surface area (Å²) in [6.45, 7) is 1.72. The first kappa shape index (κ1) is 13.2. The summed E-state index contributed by atoms with van der Waals surface area (Å²) in [5, 5.41) is -1.53. The number of hydrogen-bond donors (Lipinski definition) is 0. The smallest absolute Gasteiger partial charge is 0.272 e. The van der Waals surface area contributed by atoms with E-state index in [-0.39, 0.29) is 5.56 Å². The van der Waals surface area contributed by atoms with Crippen molar-refractivity contribution in [3.8, 4) is 0 Å². The molecule has 1 aromatic rings. The van der Waals surface area contributed by atoms with Gasteiger partial charge in [-0.15, -0.1) is 0 Å². The van der Waals surface area contributed by atoms with Crippen LogP contribution in [0.15, 0.2) is 18.2 Å². The van der Waals surface area contributed by atoms with Crippen LogP contribution < -0.4 is 4.31 Å². The molecule has 1 aliphatic rings. The summed E-state index contributed by atoms with van der Waals surface area (Å²) in [7, 11) is -2.68. The van der Waals surface area contributed by atoms with Gasteiger partial charge >= 0.3 is 6.18 Å². The van der Waals surface area contributed by atoms with Gasteiger partial charge < -0.3 is 0 Å². The van der Waals surface area contributed by atoms with Crippen molar-refractivity contribution in [3.05, 3.63) is 29.3 Å². The Bertz CT molecular complexity index is 580. The minimum absolute atomic E-state index is 0.231. The van der Waals surface area contributed by atoms with Crippen LogP contribution in [0.5, 0.6) is 0 Å². The average Bonchev–Trinajstić information content (AvgIpc) is 2.38. The second-order valence-electron chi connectivity index (χ2n) is 4.38. The van der Waals surface area contributed by atoms with Gasteiger partial charge in [-0.05, 0) is 18.6 Å². The molecular formula is C11H12F3NO2S. The average molecular weight is 279 g/mol. The van der Waals surface area contributed by atoms with Gasteiger partial charge in [-0.25, -0.2) is 8.42 Å². The van der Waals surface area contributed by atoms with Crippen molar-refractivity contribution >= 4 is 15.7 Å². The van der Waals surface area contributed by atoms with Crippen molar-refractivity contribution in [2.24, 2.45) is 0 Å². The minimum Gasteiger partial charge on any atom is -0.272 e. The number of hydrogen-bond acceptors (Lipinski definition) is 2. The van der Waals surface area contributed by atoms with Crippen LogP contribution in [0.1, 0.15) is 22.8 Å². The van der Waals surface area contributed by atoms with E-state index in [1.165, 1.54) is 13.1 Å². The van der Waals surface area contributed by atoms with Gasteiger partial charge in [-0.2, -0.15) is 13.2 Å². The van der Waals surface area contributed by atoms with Crippen molar-refractivity contribution < 1.29 is 21.6 Å². The molecule has 0 bridgehead atoms. The Morgan fingerprint density at radius 1 is 1.33 bits per heavy atom. The molecule has 1 unspecified atom stereocenters. The monoisotopic (exact) mass is 279 g/mol. The lowest BCUT2D eigenvalue weighted by Gasteiger charge is -2.15. The summed E-state index contributed by atoms with van der Waals surface area (Å²) in [5.74, 6) is 0. The molecule has 0 amide bonds. The number of aryl methyl sites for hydroxylation is 1. The number of anilines is 1. The first-order valence-electron chi connectivity index (χ1n) is 5.28. The van der Waals surface area contributed by atoms with E-state index >= 15 is 0 Å². The Morgan fingerprint density at radius 2 is 1.94 bits per heavy atom. The van der Waals surface area contributed by atoms with Gasteiger partial charge in [0.2, 0.25) is 10.0 Å². The summed E-state index contributed by atoms with van der Waals surface area (Å²) in [6.07, 6.45) is -5.86. The summed E-state index contributed by atoms with van der Waals surface area (Å²) >= 11 is 0. The molecule has 18 heavy (non-hydrogen) atoms. The molecular weight excluding hydrogens is 267 g/mol. The van der Waals surface area contributed by atoms with Crippen molar-refractivity contribution in [1.82, 2.24) is 0 Å². The molecule has 0 aromatic heterocycles. The van der Waals surface area contributed by atoms with Gasteiger partial charge in [0.05, 0.1) is 12.1 Å². The zero-order chi connectivity index (χ0) is 13.7. The molecule has 0 saturated heterocycles. The number of rotatable bonds is 1. The van der Waals surface area contributed by atoms with Crippen molar-refractivity contribution in [1.29, 1.82) is 0 Å². The highest BCUT2D eigenvalue weighted by Crippen LogP contribution is 2.46. The zero-order valence-electron chi connectivity index (χ0n) is 9.82. The lowest BCUT2D eigenvalue weighted by atomic mass is 10.0. The van der Waals surface area contributed by atoms with Gasteiger partial charge in [0, 0.05) is 7.05 Å². The predicted octanol–water partition coefficient (Wildman–Crippen LogP) is 2.77. The third-order valence-electron chi connectivity index (χ3n) is 3.03. The molecule has 0 fully saturated rings. The molecule has 0 N–H and O–H groups in total. The molecule has 0 spiro atoms. The van der Waals surface area contributed by atoms with Gasteiger partial charge in [-0.1, -0.05) is 17.7 Å². The number of sulfonamides is 1. The third kappa shape index (κ3) is 2.07. The van der Waals surface area contributed by atoms with Crippen molar-refractivity contribution in [2.75, 3.05) is 11.4 Å². The predicted molar refractivity (Wildman–Crippen MR) is 61.9 cm³/mol. The van der Waals surface area contributed by atoms with Gasteiger partial charge in [0.1, 0.15) is 5.25 Å². The zero-order valence-corrected chi connectivity index (χ0v) is 10.6. The SMILES string of the molecule is Cc1ccc2c(c1)C(CC(F)(F)F)S(=O)(=O)N2C. The summed E-state index contributed by atoms with van der Waals surface area (Å²) in [4.78, 5) is 0. The second kappa shape index (κ2) is 3.88. The van der Waals surface area contributed by atoms with E-state index in [1.807, 2.05) is 0 Å². The lowest BCUT2D eigenvalue weighted by Crippen LogP contribution is -2.26. The highest BCUT2D eigenvalue weighted by atomic mass is 32.2. The molecule has 3 nitrogen and oxygen atoms in total. The topological polar surface area (TPSA) is 37.4 Å². The Morgan fingerprint density at radius 3 is 2.50 bits per heavy atom. The summed E-state index contributed by atoms with van der Waals surface area (Å²) in [6, 6.07) is 4.73. The van der Waals surface area contributed by atoms with Gasteiger partial charge in [0.15, 0.2) is 0 Å². The maximum atomic E-state index is 12.5. The molecule has 100 valence electrons. The van der Waals surface area contributed by atoms with E-state index in [9.17, 15) is 21.6 Å². The fourth-order valence-corrected chi connectivity index (χ4v) is 3.86. The van der Waals surface area contributed by atoms with Gasteiger partial charge in [-0.3, -0.25) is 4.31 Å². The van der Waals surface area contributed by atoms with Crippen LogP contribution >= 0.6 is 0 Å². The Hall–Kier alpha value is -1.24. The highest BCUT2D eigenvalue weighted by molar-refractivity contribution is 7.93. The van der Waals surface area contributed by atoms with E-state index < -0.39 is 27.9 Å². The van der Waals surface area contributed by atoms with Gasteiger partial charge in [0.25, 0.3) is 0 Å². The number of alkyl halides is 3. The van der Waals surface area contributed by atoms with Crippen LogP contribution in [0, 0.1) is 6.92 Å². The maximum Gasteiger partial charge on any atom is 0.390 e. The van der Waals surface area contributed by atoms with E-state index in [1.54, 1.807) is 19.1 Å². The minimum atomic E-state index is -4.51. The Labute approximate surface area is 103 Å². The van der Waals surface area contributed by atoms with E-state index in [4.69, 9.17) is 0 Å². The molecule has 1 aliphatic heterocycles.